The molecule has 1 aromatic rings. The van der Waals surface area contributed by atoms with Gasteiger partial charge in [-0.2, -0.15) is 18.4 Å². The topological polar surface area (TPSA) is 58.5 Å². The van der Waals surface area contributed by atoms with Gasteiger partial charge in [0.05, 0.1) is 4.34 Å². The summed E-state index contributed by atoms with van der Waals surface area (Å²) in [4.78, 5) is 2.14. The zero-order chi connectivity index (χ0) is 12.4. The van der Waals surface area contributed by atoms with E-state index in [2.05, 4.69) is 9.93 Å². The van der Waals surface area contributed by atoms with Crippen LogP contribution in [0.4, 0.5) is 0 Å². The maximum absolute atomic E-state index is 11.7. The number of nitrogens with zero attached hydrogens (tertiary/aromatic N) is 1. The molecule has 16 heavy (non-hydrogen) atoms. The summed E-state index contributed by atoms with van der Waals surface area (Å²) in [6.07, 6.45) is 1.54. The SMILES string of the molecule is CC(C)(C)C=NNS(=O)(=O)c1ccc(Cl)s1. The minimum absolute atomic E-state index is 0.156. The van der Waals surface area contributed by atoms with Crippen LogP contribution in [0, 0.1) is 5.41 Å². The molecule has 4 nitrogen and oxygen atoms in total. The molecule has 0 aliphatic rings. The van der Waals surface area contributed by atoms with Crippen molar-refractivity contribution in [1.82, 2.24) is 4.83 Å². The van der Waals surface area contributed by atoms with Gasteiger partial charge >= 0.3 is 0 Å². The van der Waals surface area contributed by atoms with Crippen LogP contribution in [-0.2, 0) is 10.0 Å². The molecule has 0 aliphatic heterocycles. The van der Waals surface area contributed by atoms with Crippen LogP contribution < -0.4 is 4.83 Å². The van der Waals surface area contributed by atoms with Crippen molar-refractivity contribution in [2.45, 2.75) is 25.0 Å². The smallest absolute Gasteiger partial charge is 0.200 e. The number of thiophene rings is 1. The molecule has 0 amide bonds. The summed E-state index contributed by atoms with van der Waals surface area (Å²) in [6.45, 7) is 5.77. The molecule has 0 aliphatic carbocycles. The van der Waals surface area contributed by atoms with Gasteiger partial charge in [0.25, 0.3) is 10.0 Å². The lowest BCUT2D eigenvalue weighted by atomic mass is 9.99. The Morgan fingerprint density at radius 2 is 2.06 bits per heavy atom. The van der Waals surface area contributed by atoms with E-state index >= 15 is 0 Å². The average Bonchev–Trinajstić information content (AvgIpc) is 2.49. The van der Waals surface area contributed by atoms with Gasteiger partial charge in [-0.15, -0.1) is 11.3 Å². The first-order valence-electron chi connectivity index (χ1n) is 4.52. The lowest BCUT2D eigenvalue weighted by Gasteiger charge is -2.09. The van der Waals surface area contributed by atoms with Gasteiger partial charge in [0.1, 0.15) is 4.21 Å². The van der Waals surface area contributed by atoms with Crippen molar-refractivity contribution in [1.29, 1.82) is 0 Å². The van der Waals surface area contributed by atoms with Crippen LogP contribution in [0.1, 0.15) is 20.8 Å². The molecule has 0 atom stereocenters. The Morgan fingerprint density at radius 3 is 2.50 bits per heavy atom. The van der Waals surface area contributed by atoms with Gasteiger partial charge in [-0.1, -0.05) is 32.4 Å². The van der Waals surface area contributed by atoms with Crippen LogP contribution in [0.25, 0.3) is 0 Å². The third-order valence-electron chi connectivity index (χ3n) is 1.44. The maximum Gasteiger partial charge on any atom is 0.286 e. The van der Waals surface area contributed by atoms with Gasteiger partial charge < -0.3 is 0 Å². The molecule has 7 heteroatoms. The van der Waals surface area contributed by atoms with E-state index in [0.29, 0.717) is 4.34 Å². The van der Waals surface area contributed by atoms with E-state index in [1.165, 1.54) is 12.1 Å². The maximum atomic E-state index is 11.7. The third kappa shape index (κ3) is 4.11. The largest absolute Gasteiger partial charge is 0.286 e. The number of rotatable bonds is 3. The molecule has 1 N–H and O–H groups in total. The van der Waals surface area contributed by atoms with E-state index in [1.807, 2.05) is 20.8 Å². The average molecular weight is 281 g/mol. The highest BCUT2D eigenvalue weighted by atomic mass is 35.5. The van der Waals surface area contributed by atoms with Crippen LogP contribution in [0.15, 0.2) is 21.4 Å². The third-order valence-corrected chi connectivity index (χ3v) is 4.38. The molecule has 0 unspecified atom stereocenters. The van der Waals surface area contributed by atoms with Crippen molar-refractivity contribution in [3.05, 3.63) is 16.5 Å². The number of hydrogen-bond donors (Lipinski definition) is 1. The Hall–Kier alpha value is -0.590. The fraction of sp³-hybridized carbons (Fsp3) is 0.444. The molecule has 0 saturated carbocycles. The van der Waals surface area contributed by atoms with Crippen molar-refractivity contribution >= 4 is 39.2 Å². The first-order valence-corrected chi connectivity index (χ1v) is 7.20. The molecular formula is C9H13ClN2O2S2. The number of sulfonamides is 1. The monoisotopic (exact) mass is 280 g/mol. The highest BCUT2D eigenvalue weighted by Gasteiger charge is 2.15. The molecular weight excluding hydrogens is 268 g/mol. The molecule has 0 fully saturated rings. The second kappa shape index (κ2) is 4.73. The lowest BCUT2D eigenvalue weighted by molar-refractivity contribution is 0.581. The summed E-state index contributed by atoms with van der Waals surface area (Å²) in [7, 11) is -3.58. The minimum atomic E-state index is -3.58. The van der Waals surface area contributed by atoms with Crippen LogP contribution in [-0.4, -0.2) is 14.6 Å². The quantitative estimate of drug-likeness (QED) is 0.684. The molecule has 90 valence electrons. The highest BCUT2D eigenvalue weighted by Crippen LogP contribution is 2.25. The lowest BCUT2D eigenvalue weighted by Crippen LogP contribution is -2.19. The van der Waals surface area contributed by atoms with E-state index < -0.39 is 10.0 Å². The summed E-state index contributed by atoms with van der Waals surface area (Å²) < 4.78 is 23.9. The van der Waals surface area contributed by atoms with Gasteiger partial charge in [-0.3, -0.25) is 0 Å². The van der Waals surface area contributed by atoms with E-state index in [4.69, 9.17) is 11.6 Å². The molecule has 1 aromatic heterocycles. The summed E-state index contributed by atoms with van der Waals surface area (Å²) in [5, 5.41) is 3.70. The van der Waals surface area contributed by atoms with Crippen LogP contribution in [0.3, 0.4) is 0 Å². The Balaban J connectivity index is 2.78. The van der Waals surface area contributed by atoms with Gasteiger partial charge in [-0.25, -0.2) is 0 Å². The molecule has 1 heterocycles. The summed E-state index contributed by atoms with van der Waals surface area (Å²) >= 11 is 6.65. The molecule has 0 spiro atoms. The Labute approximate surface area is 104 Å². The van der Waals surface area contributed by atoms with E-state index in [9.17, 15) is 8.42 Å². The van der Waals surface area contributed by atoms with Crippen LogP contribution in [0.5, 0.6) is 0 Å². The molecule has 0 bridgehead atoms. The van der Waals surface area contributed by atoms with Gasteiger partial charge in [-0.05, 0) is 17.5 Å². The molecule has 0 radical (unpaired) electrons. The Bertz CT molecular complexity index is 486. The van der Waals surface area contributed by atoms with E-state index in [-0.39, 0.29) is 9.62 Å². The standard InChI is InChI=1S/C9H13ClN2O2S2/c1-9(2,3)6-11-12-16(13,14)8-5-4-7(10)15-8/h4-6,12H,1-3H3. The zero-order valence-corrected chi connectivity index (χ0v) is 11.6. The first kappa shape index (κ1) is 13.5. The van der Waals surface area contributed by atoms with Crippen molar-refractivity contribution in [3.8, 4) is 0 Å². The van der Waals surface area contributed by atoms with Gasteiger partial charge in [0.2, 0.25) is 0 Å². The van der Waals surface area contributed by atoms with Gasteiger partial charge in [0, 0.05) is 6.21 Å². The second-order valence-electron chi connectivity index (χ2n) is 4.28. The van der Waals surface area contributed by atoms with Crippen molar-refractivity contribution < 1.29 is 8.42 Å². The van der Waals surface area contributed by atoms with Crippen molar-refractivity contribution in [2.75, 3.05) is 0 Å². The number of halogens is 1. The molecule has 0 saturated heterocycles. The fourth-order valence-electron chi connectivity index (χ4n) is 0.777. The van der Waals surface area contributed by atoms with Crippen LogP contribution >= 0.6 is 22.9 Å². The van der Waals surface area contributed by atoms with Crippen molar-refractivity contribution in [2.24, 2.45) is 10.5 Å². The summed E-state index contributed by atoms with van der Waals surface area (Å²) in [5.41, 5.74) is -0.171. The fourth-order valence-corrected chi connectivity index (χ4v) is 3.04. The van der Waals surface area contributed by atoms with Gasteiger partial charge in [0.15, 0.2) is 0 Å². The summed E-state index contributed by atoms with van der Waals surface area (Å²) in [6, 6.07) is 2.98. The predicted octanol–water partition coefficient (Wildman–Crippen LogP) is 2.71. The predicted molar refractivity (Wildman–Crippen MR) is 67.6 cm³/mol. The zero-order valence-electron chi connectivity index (χ0n) is 9.19. The first-order chi connectivity index (χ1) is 7.21. The summed E-state index contributed by atoms with van der Waals surface area (Å²) in [5.74, 6) is 0. The minimum Gasteiger partial charge on any atom is -0.200 e. The molecule has 0 aromatic carbocycles. The number of nitrogens with one attached hydrogen (secondary N) is 1. The molecule has 1 rings (SSSR count). The number of hydrazone groups is 1. The Kier molecular flexibility index (Phi) is 3.98. The Morgan fingerprint density at radius 1 is 1.44 bits per heavy atom. The highest BCUT2D eigenvalue weighted by molar-refractivity contribution is 7.91. The number of hydrogen-bond acceptors (Lipinski definition) is 4. The van der Waals surface area contributed by atoms with Crippen LogP contribution in [0.2, 0.25) is 4.34 Å². The van der Waals surface area contributed by atoms with E-state index in [1.54, 1.807) is 6.21 Å². The van der Waals surface area contributed by atoms with E-state index in [0.717, 1.165) is 11.3 Å². The second-order valence-corrected chi connectivity index (χ2v) is 7.88. The normalized spacial score (nSPS) is 13.2. The van der Waals surface area contributed by atoms with Crippen molar-refractivity contribution in [3.63, 3.8) is 0 Å².